The van der Waals surface area contributed by atoms with Crippen molar-refractivity contribution in [3.8, 4) is 5.75 Å². The van der Waals surface area contributed by atoms with E-state index in [-0.39, 0.29) is 62.6 Å². The molecule has 6 rings (SSSR count). The number of aromatic hydroxyl groups is 1. The van der Waals surface area contributed by atoms with Gasteiger partial charge in [0.25, 0.3) is 0 Å². The number of urea groups is 1. The fraction of sp³-hybridized carbons (Fsp3) is 0.324. The van der Waals surface area contributed by atoms with Crippen LogP contribution in [0.5, 0.6) is 5.75 Å². The number of piperazine rings is 1. The molecule has 3 aromatic rings. The van der Waals surface area contributed by atoms with Crippen molar-refractivity contribution < 1.29 is 24.3 Å². The summed E-state index contributed by atoms with van der Waals surface area (Å²) in [6.45, 7) is 5.11. The lowest BCUT2D eigenvalue weighted by Crippen LogP contribution is -2.76. The van der Waals surface area contributed by atoms with Gasteiger partial charge in [-0.15, -0.1) is 6.58 Å². The molecule has 0 radical (unpaired) electrons. The van der Waals surface area contributed by atoms with Gasteiger partial charge < -0.3 is 25.1 Å². The third-order valence-electron chi connectivity index (χ3n) is 8.56. The van der Waals surface area contributed by atoms with Gasteiger partial charge >= 0.3 is 6.03 Å². The molecule has 5 amide bonds. The molecule has 3 saturated heterocycles. The number of rotatable bonds is 9. The zero-order chi connectivity index (χ0) is 32.2. The van der Waals surface area contributed by atoms with Crippen LogP contribution in [0.2, 0.25) is 0 Å². The first kappa shape index (κ1) is 30.8. The zero-order valence-corrected chi connectivity index (χ0v) is 25.5. The highest BCUT2D eigenvalue weighted by Crippen LogP contribution is 2.30. The molecule has 46 heavy (non-hydrogen) atoms. The Hall–Kier alpha value is -5.23. The number of nitrogens with one attached hydrogen (secondary N) is 1. The Morgan fingerprint density at radius 3 is 2.57 bits per heavy atom. The molecule has 0 aliphatic carbocycles. The summed E-state index contributed by atoms with van der Waals surface area (Å²) in [6, 6.07) is 18.3. The van der Waals surface area contributed by atoms with E-state index >= 15 is 0 Å². The highest BCUT2D eigenvalue weighted by Gasteiger charge is 2.51. The monoisotopic (exact) mass is 623 g/mol. The number of fused-ring (bicyclic) bond motifs is 1. The van der Waals surface area contributed by atoms with Crippen LogP contribution in [-0.2, 0) is 33.9 Å². The van der Waals surface area contributed by atoms with E-state index in [0.717, 1.165) is 23.2 Å². The van der Waals surface area contributed by atoms with Gasteiger partial charge in [0.2, 0.25) is 17.7 Å². The Labute approximate surface area is 267 Å². The molecule has 2 aromatic carbocycles. The van der Waals surface area contributed by atoms with Crippen LogP contribution in [0.4, 0.5) is 10.5 Å². The van der Waals surface area contributed by atoms with Crippen LogP contribution in [0.1, 0.15) is 29.7 Å². The molecule has 238 valence electrons. The molecule has 3 fully saturated rings. The molecule has 12 nitrogen and oxygen atoms in total. The molecular weight excluding hydrogens is 586 g/mol. The summed E-state index contributed by atoms with van der Waals surface area (Å²) in [5.74, 6) is -0.344. The molecule has 3 aliphatic heterocycles. The fourth-order valence-corrected chi connectivity index (χ4v) is 6.41. The maximum Gasteiger partial charge on any atom is 0.334 e. The Kier molecular flexibility index (Phi) is 8.97. The van der Waals surface area contributed by atoms with E-state index in [0.29, 0.717) is 18.7 Å². The van der Waals surface area contributed by atoms with Gasteiger partial charge in [0, 0.05) is 44.4 Å². The predicted octanol–water partition coefficient (Wildman–Crippen LogP) is 2.65. The van der Waals surface area contributed by atoms with Crippen molar-refractivity contribution in [2.45, 2.75) is 44.6 Å². The van der Waals surface area contributed by atoms with Gasteiger partial charge in [0.05, 0.1) is 25.3 Å². The number of carbonyl (C=O) groups is 4. The molecule has 4 heterocycles. The second-order valence-electron chi connectivity index (χ2n) is 11.7. The number of hydrazine groups is 1. The molecule has 1 aromatic heterocycles. The summed E-state index contributed by atoms with van der Waals surface area (Å²) in [5.41, 5.74) is 3.06. The number of nitrogens with zero attached hydrogens (tertiary/aromatic N) is 6. The molecule has 0 unspecified atom stereocenters. The molecular formula is C34H37N7O5. The number of carbonyl (C=O) groups excluding carboxylic acids is 4. The molecule has 2 N–H and O–H groups in total. The summed E-state index contributed by atoms with van der Waals surface area (Å²) in [5, 5.41) is 15.9. The van der Waals surface area contributed by atoms with E-state index in [1.54, 1.807) is 57.4 Å². The van der Waals surface area contributed by atoms with E-state index in [1.165, 1.54) is 9.91 Å². The summed E-state index contributed by atoms with van der Waals surface area (Å²) < 4.78 is 0. The zero-order valence-electron chi connectivity index (χ0n) is 25.5. The highest BCUT2D eigenvalue weighted by molar-refractivity contribution is 5.95. The molecule has 12 heteroatoms. The van der Waals surface area contributed by atoms with Crippen molar-refractivity contribution in [2.75, 3.05) is 31.1 Å². The average Bonchev–Trinajstić information content (AvgIpc) is 3.49. The Morgan fingerprint density at radius 2 is 1.85 bits per heavy atom. The minimum absolute atomic E-state index is 0.0752. The summed E-state index contributed by atoms with van der Waals surface area (Å²) in [4.78, 5) is 63.6. The van der Waals surface area contributed by atoms with Gasteiger partial charge in [0.1, 0.15) is 18.0 Å². The van der Waals surface area contributed by atoms with Crippen LogP contribution in [0.25, 0.3) is 0 Å². The van der Waals surface area contributed by atoms with Crippen LogP contribution in [0, 0.1) is 0 Å². The molecule has 0 bridgehead atoms. The van der Waals surface area contributed by atoms with E-state index in [4.69, 9.17) is 0 Å². The van der Waals surface area contributed by atoms with Gasteiger partial charge in [0.15, 0.2) is 0 Å². The first-order chi connectivity index (χ1) is 22.3. The van der Waals surface area contributed by atoms with Crippen molar-refractivity contribution >= 4 is 29.4 Å². The van der Waals surface area contributed by atoms with Crippen molar-refractivity contribution in [1.82, 2.24) is 30.1 Å². The first-order valence-electron chi connectivity index (χ1n) is 15.4. The van der Waals surface area contributed by atoms with E-state index in [1.807, 2.05) is 36.4 Å². The molecule has 2 atom stereocenters. The van der Waals surface area contributed by atoms with Gasteiger partial charge in [-0.1, -0.05) is 36.4 Å². The Morgan fingerprint density at radius 1 is 1.02 bits per heavy atom. The molecule has 0 spiro atoms. The maximum atomic E-state index is 14.3. The lowest BCUT2D eigenvalue weighted by Gasteiger charge is -2.55. The number of hydrogen-bond acceptors (Lipinski definition) is 7. The average molecular weight is 624 g/mol. The second-order valence-corrected chi connectivity index (χ2v) is 11.7. The van der Waals surface area contributed by atoms with Gasteiger partial charge in [-0.25, -0.2) is 14.8 Å². The van der Waals surface area contributed by atoms with Crippen molar-refractivity contribution in [2.24, 2.45) is 0 Å². The lowest BCUT2D eigenvalue weighted by molar-refractivity contribution is -0.189. The Balaban J connectivity index is 1.33. The van der Waals surface area contributed by atoms with E-state index in [2.05, 4.69) is 16.9 Å². The second kappa shape index (κ2) is 13.4. The third kappa shape index (κ3) is 6.43. The van der Waals surface area contributed by atoms with Gasteiger partial charge in [-0.05, 0) is 53.9 Å². The highest BCUT2D eigenvalue weighted by atomic mass is 16.3. The number of amides is 5. The fourth-order valence-electron chi connectivity index (χ4n) is 6.41. The van der Waals surface area contributed by atoms with E-state index < -0.39 is 18.2 Å². The number of benzene rings is 2. The number of phenols is 1. The van der Waals surface area contributed by atoms with Crippen LogP contribution in [0.3, 0.4) is 0 Å². The van der Waals surface area contributed by atoms with Crippen LogP contribution in [-0.4, -0.2) is 92.0 Å². The summed E-state index contributed by atoms with van der Waals surface area (Å²) >= 11 is 0. The standard InChI is InChI=1S/C34H37N7O5/c1-2-16-38-23-32(44)40-29(19-24-11-13-28(42)14-12-24)33(45)37(21-25-7-5-9-27(18-25)39-17-6-10-31(39)43)22-30(40)41(38)34(46)36-20-26-8-3-4-15-35-26/h2-5,7-9,11-15,18,29-30,42H,1,6,10,16-17,19-23H2,(H,36,46)/t29-,30-/m0/s1. The van der Waals surface area contributed by atoms with Crippen molar-refractivity contribution in [3.63, 3.8) is 0 Å². The smallest absolute Gasteiger partial charge is 0.334 e. The number of anilines is 1. The molecule has 0 saturated carbocycles. The van der Waals surface area contributed by atoms with Gasteiger partial charge in [-0.3, -0.25) is 19.4 Å². The number of hydrogen-bond donors (Lipinski definition) is 2. The first-order valence-corrected chi connectivity index (χ1v) is 15.4. The normalized spacial score (nSPS) is 20.2. The minimum atomic E-state index is -0.892. The summed E-state index contributed by atoms with van der Waals surface area (Å²) in [6.07, 6.45) is 4.00. The SMILES string of the molecule is C=CCN1CC(=O)N2[C@@H](Cc3ccc(O)cc3)C(=O)N(Cc3cccc(N4CCCC4=O)c3)C[C@@H]2N1C(=O)NCc1ccccn1. The van der Waals surface area contributed by atoms with Crippen LogP contribution in [0.15, 0.2) is 85.6 Å². The number of aromatic nitrogens is 1. The largest absolute Gasteiger partial charge is 0.508 e. The predicted molar refractivity (Wildman–Crippen MR) is 170 cm³/mol. The van der Waals surface area contributed by atoms with Gasteiger partial charge in [-0.2, -0.15) is 0 Å². The van der Waals surface area contributed by atoms with Crippen LogP contribution < -0.4 is 10.2 Å². The third-order valence-corrected chi connectivity index (χ3v) is 8.56. The van der Waals surface area contributed by atoms with E-state index in [9.17, 15) is 24.3 Å². The van der Waals surface area contributed by atoms with Crippen molar-refractivity contribution in [3.05, 3.63) is 102 Å². The number of phenolic OH excluding ortho intramolecular Hbond substituents is 1. The lowest BCUT2D eigenvalue weighted by atomic mass is 9.98. The maximum absolute atomic E-state index is 14.3. The quantitative estimate of drug-likeness (QED) is 0.351. The minimum Gasteiger partial charge on any atom is -0.508 e. The summed E-state index contributed by atoms with van der Waals surface area (Å²) in [7, 11) is 0. The van der Waals surface area contributed by atoms with Crippen molar-refractivity contribution in [1.29, 1.82) is 0 Å². The molecule has 3 aliphatic rings. The topological polar surface area (TPSA) is 130 Å². The number of pyridine rings is 1. The van der Waals surface area contributed by atoms with Crippen LogP contribution >= 0.6 is 0 Å². The Bertz CT molecular complexity index is 1620.